The zero-order valence-electron chi connectivity index (χ0n) is 10.2. The molecule has 3 fully saturated rings. The van der Waals surface area contributed by atoms with E-state index in [4.69, 9.17) is 4.74 Å². The van der Waals surface area contributed by atoms with Crippen LogP contribution in [0.25, 0.3) is 0 Å². The van der Waals surface area contributed by atoms with Crippen molar-refractivity contribution < 1.29 is 9.53 Å². The predicted octanol–water partition coefficient (Wildman–Crippen LogP) is -0.719. The molecule has 3 rings (SSSR count). The first-order valence-corrected chi connectivity index (χ1v) is 6.68. The Hall–Kier alpha value is -0.650. The maximum Gasteiger partial charge on any atom is 0.237 e. The second kappa shape index (κ2) is 4.92. The number of piperazine rings is 1. The normalized spacial score (nSPS) is 36.4. The summed E-state index contributed by atoms with van der Waals surface area (Å²) in [5.74, 6) is 0.233. The number of rotatable bonds is 1. The van der Waals surface area contributed by atoms with Gasteiger partial charge in [-0.15, -0.1) is 0 Å². The molecule has 1 N–H and O–H groups in total. The summed E-state index contributed by atoms with van der Waals surface area (Å²) in [6, 6.07) is 0.766. The van der Waals surface area contributed by atoms with E-state index in [0.29, 0.717) is 6.04 Å². The fraction of sp³-hybridized carbons (Fsp3) is 0.917. The highest BCUT2D eigenvalue weighted by Gasteiger charge is 2.37. The number of fused-ring (bicyclic) bond motifs is 1. The molecule has 2 atom stereocenters. The molecular formula is C12H21N3O2. The summed E-state index contributed by atoms with van der Waals surface area (Å²) in [5, 5.41) is 2.96. The molecule has 0 aromatic carbocycles. The molecule has 0 bridgehead atoms. The lowest BCUT2D eigenvalue weighted by molar-refractivity contribution is -0.132. The first-order valence-electron chi connectivity index (χ1n) is 6.68. The van der Waals surface area contributed by atoms with Gasteiger partial charge in [-0.2, -0.15) is 0 Å². The molecule has 3 aliphatic rings. The fourth-order valence-corrected chi connectivity index (χ4v) is 3.25. The lowest BCUT2D eigenvalue weighted by atomic mass is 9.95. The van der Waals surface area contributed by atoms with Gasteiger partial charge in [0.15, 0.2) is 0 Å². The Bertz CT molecular complexity index is 291. The van der Waals surface area contributed by atoms with Crippen LogP contribution in [0.3, 0.4) is 0 Å². The van der Waals surface area contributed by atoms with Crippen LogP contribution in [-0.4, -0.2) is 73.7 Å². The maximum atomic E-state index is 11.7. The Morgan fingerprint density at radius 2 is 1.94 bits per heavy atom. The van der Waals surface area contributed by atoms with Crippen LogP contribution in [0.15, 0.2) is 0 Å². The lowest BCUT2D eigenvalue weighted by Crippen LogP contribution is -2.62. The van der Waals surface area contributed by atoms with E-state index in [1.165, 1.54) is 0 Å². The molecule has 5 heteroatoms. The van der Waals surface area contributed by atoms with Crippen molar-refractivity contribution in [3.05, 3.63) is 0 Å². The van der Waals surface area contributed by atoms with Crippen LogP contribution in [0, 0.1) is 0 Å². The number of morpholine rings is 1. The molecule has 0 radical (unpaired) electrons. The standard InChI is InChI=1S/C12H21N3O2/c16-12-11-2-1-10(9-15(11)4-3-13-12)14-5-7-17-8-6-14/h10-11H,1-9H2,(H,13,16)/t10?,11-/m0/s1. The number of nitrogens with one attached hydrogen (secondary N) is 1. The third kappa shape index (κ3) is 2.32. The topological polar surface area (TPSA) is 44.8 Å². The van der Waals surface area contributed by atoms with Gasteiger partial charge in [0, 0.05) is 38.8 Å². The van der Waals surface area contributed by atoms with Crippen molar-refractivity contribution in [1.29, 1.82) is 0 Å². The summed E-state index contributed by atoms with van der Waals surface area (Å²) >= 11 is 0. The first-order chi connectivity index (χ1) is 8.34. The Morgan fingerprint density at radius 3 is 2.76 bits per heavy atom. The summed E-state index contributed by atoms with van der Waals surface area (Å²) in [5.41, 5.74) is 0. The van der Waals surface area contributed by atoms with Crippen LogP contribution >= 0.6 is 0 Å². The van der Waals surface area contributed by atoms with E-state index < -0.39 is 0 Å². The molecule has 17 heavy (non-hydrogen) atoms. The lowest BCUT2D eigenvalue weighted by Gasteiger charge is -2.45. The molecule has 3 aliphatic heterocycles. The molecule has 0 spiro atoms. The smallest absolute Gasteiger partial charge is 0.237 e. The highest BCUT2D eigenvalue weighted by molar-refractivity contribution is 5.82. The number of ether oxygens (including phenoxy) is 1. The summed E-state index contributed by atoms with van der Waals surface area (Å²) in [6.45, 7) is 6.70. The van der Waals surface area contributed by atoms with Gasteiger partial charge in [0.05, 0.1) is 19.3 Å². The molecular weight excluding hydrogens is 218 g/mol. The second-order valence-corrected chi connectivity index (χ2v) is 5.18. The SMILES string of the molecule is O=C1NCCN2CC(N3CCOCC3)CC[C@@H]12. The number of hydrogen-bond acceptors (Lipinski definition) is 4. The van der Waals surface area contributed by atoms with E-state index >= 15 is 0 Å². The van der Waals surface area contributed by atoms with Crippen molar-refractivity contribution >= 4 is 5.91 Å². The summed E-state index contributed by atoms with van der Waals surface area (Å²) in [7, 11) is 0. The fourth-order valence-electron chi connectivity index (χ4n) is 3.25. The van der Waals surface area contributed by atoms with Crippen LogP contribution in [0.2, 0.25) is 0 Å². The highest BCUT2D eigenvalue weighted by atomic mass is 16.5. The number of carbonyl (C=O) groups is 1. The monoisotopic (exact) mass is 239 g/mol. The van der Waals surface area contributed by atoms with Crippen LogP contribution in [0.1, 0.15) is 12.8 Å². The van der Waals surface area contributed by atoms with Gasteiger partial charge < -0.3 is 10.1 Å². The van der Waals surface area contributed by atoms with Gasteiger partial charge in [-0.25, -0.2) is 0 Å². The van der Waals surface area contributed by atoms with Crippen molar-refractivity contribution in [1.82, 2.24) is 15.1 Å². The third-order valence-electron chi connectivity index (χ3n) is 4.22. The van der Waals surface area contributed by atoms with Gasteiger partial charge in [0.25, 0.3) is 0 Å². The number of amides is 1. The summed E-state index contributed by atoms with van der Waals surface area (Å²) in [4.78, 5) is 16.6. The Balaban J connectivity index is 1.61. The average molecular weight is 239 g/mol. The van der Waals surface area contributed by atoms with Gasteiger partial charge in [0.2, 0.25) is 5.91 Å². The molecule has 0 aromatic rings. The molecule has 3 saturated heterocycles. The molecule has 3 heterocycles. The van der Waals surface area contributed by atoms with E-state index in [9.17, 15) is 4.79 Å². The van der Waals surface area contributed by atoms with E-state index in [0.717, 1.165) is 58.8 Å². The van der Waals surface area contributed by atoms with Gasteiger partial charge in [-0.1, -0.05) is 0 Å². The largest absolute Gasteiger partial charge is 0.379 e. The summed E-state index contributed by atoms with van der Waals surface area (Å²) < 4.78 is 5.39. The Morgan fingerprint density at radius 1 is 1.12 bits per heavy atom. The first kappa shape index (κ1) is 11.4. The number of nitrogens with zero attached hydrogens (tertiary/aromatic N) is 2. The molecule has 0 aliphatic carbocycles. The van der Waals surface area contributed by atoms with Crippen LogP contribution in [0.5, 0.6) is 0 Å². The van der Waals surface area contributed by atoms with Gasteiger partial charge in [-0.05, 0) is 12.8 Å². The van der Waals surface area contributed by atoms with E-state index in [1.807, 2.05) is 0 Å². The van der Waals surface area contributed by atoms with Gasteiger partial charge >= 0.3 is 0 Å². The van der Waals surface area contributed by atoms with E-state index in [1.54, 1.807) is 0 Å². The minimum absolute atomic E-state index is 0.140. The zero-order valence-corrected chi connectivity index (χ0v) is 10.2. The van der Waals surface area contributed by atoms with Crippen molar-refractivity contribution in [2.45, 2.75) is 24.9 Å². The van der Waals surface area contributed by atoms with Crippen LogP contribution in [0.4, 0.5) is 0 Å². The zero-order chi connectivity index (χ0) is 11.7. The van der Waals surface area contributed by atoms with Crippen LogP contribution < -0.4 is 5.32 Å². The number of hydrogen-bond donors (Lipinski definition) is 1. The number of carbonyl (C=O) groups excluding carboxylic acids is 1. The van der Waals surface area contributed by atoms with Crippen molar-refractivity contribution in [2.75, 3.05) is 45.9 Å². The van der Waals surface area contributed by atoms with Crippen molar-refractivity contribution in [2.24, 2.45) is 0 Å². The minimum atomic E-state index is 0.140. The second-order valence-electron chi connectivity index (χ2n) is 5.18. The molecule has 1 amide bonds. The number of piperidine rings is 1. The molecule has 1 unspecified atom stereocenters. The molecule has 5 nitrogen and oxygen atoms in total. The van der Waals surface area contributed by atoms with Gasteiger partial charge in [0.1, 0.15) is 0 Å². The molecule has 96 valence electrons. The predicted molar refractivity (Wildman–Crippen MR) is 63.8 cm³/mol. The molecule has 0 aromatic heterocycles. The van der Waals surface area contributed by atoms with Gasteiger partial charge in [-0.3, -0.25) is 14.6 Å². The highest BCUT2D eigenvalue weighted by Crippen LogP contribution is 2.23. The van der Waals surface area contributed by atoms with Crippen molar-refractivity contribution in [3.8, 4) is 0 Å². The quantitative estimate of drug-likeness (QED) is 0.656. The Labute approximate surface area is 102 Å². The van der Waals surface area contributed by atoms with Crippen LogP contribution in [-0.2, 0) is 9.53 Å². The summed E-state index contributed by atoms with van der Waals surface area (Å²) in [6.07, 6.45) is 2.16. The minimum Gasteiger partial charge on any atom is -0.379 e. The Kier molecular flexibility index (Phi) is 3.31. The average Bonchev–Trinajstić information content (AvgIpc) is 2.40. The van der Waals surface area contributed by atoms with E-state index in [-0.39, 0.29) is 11.9 Å². The molecule has 0 saturated carbocycles. The maximum absolute atomic E-state index is 11.7. The third-order valence-corrected chi connectivity index (χ3v) is 4.22. The van der Waals surface area contributed by atoms with E-state index in [2.05, 4.69) is 15.1 Å². The van der Waals surface area contributed by atoms with Crippen molar-refractivity contribution in [3.63, 3.8) is 0 Å².